The van der Waals surface area contributed by atoms with Crippen molar-refractivity contribution >= 4 is 21.8 Å². The molecule has 1 atom stereocenters. The minimum absolute atomic E-state index is 0.164. The zero-order chi connectivity index (χ0) is 12.4. The Kier molecular flexibility index (Phi) is 3.87. The van der Waals surface area contributed by atoms with Gasteiger partial charge in [-0.1, -0.05) is 28.9 Å². The summed E-state index contributed by atoms with van der Waals surface area (Å²) in [5.41, 5.74) is 1.95. The molecule has 92 valence electrons. The van der Waals surface area contributed by atoms with Crippen molar-refractivity contribution < 1.29 is 4.79 Å². The van der Waals surface area contributed by atoms with Gasteiger partial charge in [-0.2, -0.15) is 0 Å². The molecule has 1 heterocycles. The number of likely N-dealkylation sites (tertiary alicyclic amines) is 1. The van der Waals surface area contributed by atoms with Crippen LogP contribution in [0, 0.1) is 12.8 Å². The van der Waals surface area contributed by atoms with E-state index in [2.05, 4.69) is 22.9 Å². The number of halogens is 1. The van der Waals surface area contributed by atoms with Crippen molar-refractivity contribution in [1.29, 1.82) is 0 Å². The lowest BCUT2D eigenvalue weighted by molar-refractivity contribution is 0.0683. The Morgan fingerprint density at radius 1 is 1.47 bits per heavy atom. The first-order valence-electron chi connectivity index (χ1n) is 6.13. The Hall–Kier alpha value is -0.830. The molecule has 1 aromatic rings. The number of piperidine rings is 1. The fourth-order valence-electron chi connectivity index (χ4n) is 2.28. The van der Waals surface area contributed by atoms with Gasteiger partial charge in [0.05, 0.1) is 0 Å². The van der Waals surface area contributed by atoms with Gasteiger partial charge in [0.25, 0.3) is 5.91 Å². The van der Waals surface area contributed by atoms with Crippen molar-refractivity contribution in [2.75, 3.05) is 13.1 Å². The van der Waals surface area contributed by atoms with E-state index in [4.69, 9.17) is 0 Å². The zero-order valence-corrected chi connectivity index (χ0v) is 12.0. The van der Waals surface area contributed by atoms with Gasteiger partial charge in [-0.15, -0.1) is 0 Å². The topological polar surface area (TPSA) is 20.3 Å². The second-order valence-corrected chi connectivity index (χ2v) is 5.82. The van der Waals surface area contributed by atoms with Crippen molar-refractivity contribution in [2.24, 2.45) is 5.92 Å². The lowest BCUT2D eigenvalue weighted by Crippen LogP contribution is -2.39. The summed E-state index contributed by atoms with van der Waals surface area (Å²) in [5.74, 6) is 0.791. The number of benzene rings is 1. The number of aryl methyl sites for hydroxylation is 1. The summed E-state index contributed by atoms with van der Waals surface area (Å²) < 4.78 is 1.01. The molecule has 1 fully saturated rings. The third-order valence-electron chi connectivity index (χ3n) is 3.36. The molecule has 0 radical (unpaired) electrons. The van der Waals surface area contributed by atoms with E-state index in [-0.39, 0.29) is 5.91 Å². The van der Waals surface area contributed by atoms with E-state index in [9.17, 15) is 4.79 Å². The van der Waals surface area contributed by atoms with Crippen LogP contribution >= 0.6 is 15.9 Å². The summed E-state index contributed by atoms with van der Waals surface area (Å²) in [5, 5.41) is 0. The Labute approximate surface area is 111 Å². The van der Waals surface area contributed by atoms with Gasteiger partial charge < -0.3 is 4.90 Å². The van der Waals surface area contributed by atoms with Gasteiger partial charge in [0, 0.05) is 23.1 Å². The van der Waals surface area contributed by atoms with Crippen molar-refractivity contribution in [1.82, 2.24) is 4.90 Å². The summed E-state index contributed by atoms with van der Waals surface area (Å²) in [6.45, 7) is 6.03. The first-order valence-corrected chi connectivity index (χ1v) is 6.92. The second-order valence-electron chi connectivity index (χ2n) is 4.96. The number of carbonyl (C=O) groups is 1. The van der Waals surface area contributed by atoms with Gasteiger partial charge >= 0.3 is 0 Å². The molecule has 0 aromatic heterocycles. The molecule has 0 saturated carbocycles. The van der Waals surface area contributed by atoms with Crippen LogP contribution in [0.2, 0.25) is 0 Å². The maximum Gasteiger partial charge on any atom is 0.253 e. The fraction of sp³-hybridized carbons (Fsp3) is 0.500. The van der Waals surface area contributed by atoms with Gasteiger partial charge in [-0.3, -0.25) is 4.79 Å². The zero-order valence-electron chi connectivity index (χ0n) is 10.4. The first-order chi connectivity index (χ1) is 8.08. The molecule has 1 unspecified atom stereocenters. The van der Waals surface area contributed by atoms with Crippen LogP contribution in [0.5, 0.6) is 0 Å². The lowest BCUT2D eigenvalue weighted by Gasteiger charge is -2.31. The Bertz CT molecular complexity index is 430. The number of hydrogen-bond donors (Lipinski definition) is 0. The van der Waals surface area contributed by atoms with E-state index in [0.29, 0.717) is 5.92 Å². The molecular formula is C14H18BrNO. The molecule has 17 heavy (non-hydrogen) atoms. The quantitative estimate of drug-likeness (QED) is 0.775. The van der Waals surface area contributed by atoms with Crippen molar-refractivity contribution in [3.8, 4) is 0 Å². The van der Waals surface area contributed by atoms with Gasteiger partial charge in [0.15, 0.2) is 0 Å². The highest BCUT2D eigenvalue weighted by atomic mass is 79.9. The first kappa shape index (κ1) is 12.6. The molecule has 1 amide bonds. The van der Waals surface area contributed by atoms with Gasteiger partial charge in [0.2, 0.25) is 0 Å². The molecule has 0 aliphatic carbocycles. The summed E-state index contributed by atoms with van der Waals surface area (Å²) in [6, 6.07) is 5.84. The summed E-state index contributed by atoms with van der Waals surface area (Å²) >= 11 is 3.48. The molecule has 0 N–H and O–H groups in total. The second kappa shape index (κ2) is 5.21. The molecule has 1 aliphatic heterocycles. The van der Waals surface area contributed by atoms with E-state index < -0.39 is 0 Å². The largest absolute Gasteiger partial charge is 0.338 e. The number of rotatable bonds is 1. The summed E-state index contributed by atoms with van der Waals surface area (Å²) in [6.07, 6.45) is 2.36. The maximum atomic E-state index is 12.3. The van der Waals surface area contributed by atoms with Crippen LogP contribution in [-0.2, 0) is 0 Å². The molecule has 3 heteroatoms. The average Bonchev–Trinajstić information content (AvgIpc) is 2.32. The van der Waals surface area contributed by atoms with E-state index in [0.717, 1.165) is 35.1 Å². The van der Waals surface area contributed by atoms with E-state index in [1.165, 1.54) is 6.42 Å². The van der Waals surface area contributed by atoms with Crippen LogP contribution in [0.1, 0.15) is 35.7 Å². The molecule has 2 nitrogen and oxygen atoms in total. The number of hydrogen-bond acceptors (Lipinski definition) is 1. The molecule has 0 bridgehead atoms. The third-order valence-corrected chi connectivity index (χ3v) is 4.22. The predicted octanol–water partition coefficient (Wildman–Crippen LogP) is 3.63. The Morgan fingerprint density at radius 3 is 2.88 bits per heavy atom. The van der Waals surface area contributed by atoms with Crippen LogP contribution in [-0.4, -0.2) is 23.9 Å². The van der Waals surface area contributed by atoms with E-state index >= 15 is 0 Å². The average molecular weight is 296 g/mol. The molecule has 0 spiro atoms. The summed E-state index contributed by atoms with van der Waals surface area (Å²) in [4.78, 5) is 14.3. The molecular weight excluding hydrogens is 278 g/mol. The standard InChI is InChI=1S/C14H18BrNO/c1-10-4-3-7-16(9-10)14(17)12-6-5-11(2)13(15)8-12/h5-6,8,10H,3-4,7,9H2,1-2H3. The number of carbonyl (C=O) groups excluding carboxylic acids is 1. The van der Waals surface area contributed by atoms with Crippen LogP contribution in [0.15, 0.2) is 22.7 Å². The van der Waals surface area contributed by atoms with Crippen LogP contribution in [0.3, 0.4) is 0 Å². The van der Waals surface area contributed by atoms with Crippen molar-refractivity contribution in [3.05, 3.63) is 33.8 Å². The normalized spacial score (nSPS) is 20.4. The third kappa shape index (κ3) is 2.89. The minimum atomic E-state index is 0.164. The maximum absolute atomic E-state index is 12.3. The smallest absolute Gasteiger partial charge is 0.253 e. The van der Waals surface area contributed by atoms with Crippen LogP contribution in [0.4, 0.5) is 0 Å². The van der Waals surface area contributed by atoms with Gasteiger partial charge in [-0.05, 0) is 43.4 Å². The molecule has 2 rings (SSSR count). The SMILES string of the molecule is Cc1ccc(C(=O)N2CCCC(C)C2)cc1Br. The highest BCUT2D eigenvalue weighted by Crippen LogP contribution is 2.21. The number of amides is 1. The van der Waals surface area contributed by atoms with Crippen molar-refractivity contribution in [2.45, 2.75) is 26.7 Å². The Morgan fingerprint density at radius 2 is 2.24 bits per heavy atom. The van der Waals surface area contributed by atoms with Crippen molar-refractivity contribution in [3.63, 3.8) is 0 Å². The summed E-state index contributed by atoms with van der Waals surface area (Å²) in [7, 11) is 0. The number of nitrogens with zero attached hydrogens (tertiary/aromatic N) is 1. The highest BCUT2D eigenvalue weighted by Gasteiger charge is 2.22. The van der Waals surface area contributed by atoms with Gasteiger partial charge in [0.1, 0.15) is 0 Å². The van der Waals surface area contributed by atoms with E-state index in [1.54, 1.807) is 0 Å². The minimum Gasteiger partial charge on any atom is -0.338 e. The molecule has 1 aromatic carbocycles. The molecule has 1 saturated heterocycles. The van der Waals surface area contributed by atoms with Crippen LogP contribution < -0.4 is 0 Å². The molecule has 1 aliphatic rings. The van der Waals surface area contributed by atoms with E-state index in [1.807, 2.05) is 30.0 Å². The fourth-order valence-corrected chi connectivity index (χ4v) is 2.66. The predicted molar refractivity (Wildman–Crippen MR) is 73.2 cm³/mol. The highest BCUT2D eigenvalue weighted by molar-refractivity contribution is 9.10. The Balaban J connectivity index is 2.15. The van der Waals surface area contributed by atoms with Gasteiger partial charge in [-0.25, -0.2) is 0 Å². The monoisotopic (exact) mass is 295 g/mol. The van der Waals surface area contributed by atoms with Crippen LogP contribution in [0.25, 0.3) is 0 Å². The lowest BCUT2D eigenvalue weighted by atomic mass is 9.99.